The Morgan fingerprint density at radius 1 is 1.35 bits per heavy atom. The van der Waals surface area contributed by atoms with Gasteiger partial charge in [0.15, 0.2) is 0 Å². The van der Waals surface area contributed by atoms with Gasteiger partial charge in [-0.1, -0.05) is 0 Å². The minimum Gasteiger partial charge on any atom is -0.466 e. The lowest BCUT2D eigenvalue weighted by Crippen LogP contribution is -2.48. The third kappa shape index (κ3) is 3.74. The van der Waals surface area contributed by atoms with Gasteiger partial charge in [0.1, 0.15) is 11.5 Å². The summed E-state index contributed by atoms with van der Waals surface area (Å²) in [5.41, 5.74) is 5.03. The van der Waals surface area contributed by atoms with Gasteiger partial charge in [0, 0.05) is 13.2 Å². The molecule has 1 aromatic rings. The van der Waals surface area contributed by atoms with Crippen LogP contribution >= 0.6 is 0 Å². The van der Waals surface area contributed by atoms with Crippen molar-refractivity contribution in [1.29, 1.82) is 0 Å². The first kappa shape index (κ1) is 14.4. The maximum atomic E-state index is 11.8. The summed E-state index contributed by atoms with van der Waals surface area (Å²) in [6, 6.07) is 1.16. The molecule has 1 fully saturated rings. The second-order valence-corrected chi connectivity index (χ2v) is 4.75. The SMILES string of the molecule is Cc1cc(C(=O)NNC(=O)NC[C@@H]2CCCO2)c(C)o1. The van der Waals surface area contributed by atoms with E-state index >= 15 is 0 Å². The number of hydrazine groups is 1. The van der Waals surface area contributed by atoms with E-state index in [1.807, 2.05) is 0 Å². The second kappa shape index (κ2) is 6.42. The van der Waals surface area contributed by atoms with E-state index in [2.05, 4.69) is 16.2 Å². The Morgan fingerprint density at radius 3 is 2.75 bits per heavy atom. The third-order valence-electron chi connectivity index (χ3n) is 3.09. The number of hydrogen-bond acceptors (Lipinski definition) is 4. The molecule has 1 aliphatic heterocycles. The maximum absolute atomic E-state index is 11.8. The molecule has 0 radical (unpaired) electrons. The summed E-state index contributed by atoms with van der Waals surface area (Å²) in [5, 5.41) is 2.64. The van der Waals surface area contributed by atoms with E-state index in [0.717, 1.165) is 19.4 Å². The number of aryl methyl sites for hydroxylation is 2. The molecule has 0 unspecified atom stereocenters. The van der Waals surface area contributed by atoms with Gasteiger partial charge in [-0.2, -0.15) is 0 Å². The Labute approximate surface area is 117 Å². The molecule has 1 aliphatic rings. The molecule has 0 bridgehead atoms. The number of carbonyl (C=O) groups excluding carboxylic acids is 2. The Bertz CT molecular complexity index is 492. The van der Waals surface area contributed by atoms with Crippen molar-refractivity contribution in [2.45, 2.75) is 32.8 Å². The zero-order valence-electron chi connectivity index (χ0n) is 11.6. The van der Waals surface area contributed by atoms with Crippen molar-refractivity contribution >= 4 is 11.9 Å². The number of urea groups is 1. The number of hydrogen-bond donors (Lipinski definition) is 3. The van der Waals surface area contributed by atoms with Crippen LogP contribution in [0.1, 0.15) is 34.7 Å². The first-order valence-electron chi connectivity index (χ1n) is 6.59. The summed E-state index contributed by atoms with van der Waals surface area (Å²) in [6.07, 6.45) is 2.03. The highest BCUT2D eigenvalue weighted by Gasteiger charge is 2.17. The van der Waals surface area contributed by atoms with Crippen molar-refractivity contribution in [3.05, 3.63) is 23.2 Å². The van der Waals surface area contributed by atoms with Gasteiger partial charge in [0.25, 0.3) is 5.91 Å². The van der Waals surface area contributed by atoms with Crippen LogP contribution in [0.3, 0.4) is 0 Å². The normalized spacial score (nSPS) is 17.8. The van der Waals surface area contributed by atoms with Gasteiger partial charge in [0.05, 0.1) is 11.7 Å². The molecule has 20 heavy (non-hydrogen) atoms. The van der Waals surface area contributed by atoms with Gasteiger partial charge >= 0.3 is 6.03 Å². The Kier molecular flexibility index (Phi) is 4.62. The van der Waals surface area contributed by atoms with Gasteiger partial charge in [-0.15, -0.1) is 0 Å². The predicted molar refractivity (Wildman–Crippen MR) is 71.2 cm³/mol. The van der Waals surface area contributed by atoms with Crippen LogP contribution in [0, 0.1) is 13.8 Å². The molecule has 1 atom stereocenters. The molecule has 0 aromatic carbocycles. The molecule has 0 aliphatic carbocycles. The van der Waals surface area contributed by atoms with Crippen LogP contribution in [-0.4, -0.2) is 31.2 Å². The zero-order valence-corrected chi connectivity index (χ0v) is 11.6. The fourth-order valence-electron chi connectivity index (χ4n) is 2.09. The molecule has 2 rings (SSSR count). The third-order valence-corrected chi connectivity index (χ3v) is 3.09. The van der Waals surface area contributed by atoms with Crippen molar-refractivity contribution in [2.75, 3.05) is 13.2 Å². The van der Waals surface area contributed by atoms with Crippen LogP contribution in [0.25, 0.3) is 0 Å². The van der Waals surface area contributed by atoms with Crippen LogP contribution in [0.2, 0.25) is 0 Å². The number of carbonyl (C=O) groups is 2. The van der Waals surface area contributed by atoms with Crippen LogP contribution in [-0.2, 0) is 4.74 Å². The molecule has 1 saturated heterocycles. The molecule has 0 spiro atoms. The number of rotatable bonds is 3. The van der Waals surface area contributed by atoms with Crippen LogP contribution < -0.4 is 16.2 Å². The van der Waals surface area contributed by atoms with E-state index in [1.165, 1.54) is 0 Å². The van der Waals surface area contributed by atoms with Gasteiger partial charge in [-0.05, 0) is 32.8 Å². The van der Waals surface area contributed by atoms with Crippen molar-refractivity contribution < 1.29 is 18.7 Å². The quantitative estimate of drug-likeness (QED) is 0.721. The van der Waals surface area contributed by atoms with Crippen LogP contribution in [0.5, 0.6) is 0 Å². The van der Waals surface area contributed by atoms with Gasteiger partial charge in [-0.3, -0.25) is 10.2 Å². The van der Waals surface area contributed by atoms with Crippen LogP contribution in [0.4, 0.5) is 4.79 Å². The lowest BCUT2D eigenvalue weighted by molar-refractivity contribution is 0.0932. The standard InChI is InChI=1S/C13H19N3O4/c1-8-6-11(9(2)20-8)12(17)15-16-13(18)14-7-10-4-3-5-19-10/h6,10H,3-5,7H2,1-2H3,(H,15,17)(H2,14,16,18)/t10-/m0/s1. The first-order chi connectivity index (χ1) is 9.56. The minimum absolute atomic E-state index is 0.0650. The van der Waals surface area contributed by atoms with E-state index in [9.17, 15) is 9.59 Å². The molecular formula is C13H19N3O4. The Balaban J connectivity index is 1.72. The van der Waals surface area contributed by atoms with E-state index in [-0.39, 0.29) is 6.10 Å². The summed E-state index contributed by atoms with van der Waals surface area (Å²) in [6.45, 7) is 4.63. The van der Waals surface area contributed by atoms with Crippen molar-refractivity contribution in [3.8, 4) is 0 Å². The fraction of sp³-hybridized carbons (Fsp3) is 0.538. The van der Waals surface area contributed by atoms with Crippen molar-refractivity contribution in [2.24, 2.45) is 0 Å². The van der Waals surface area contributed by atoms with Crippen molar-refractivity contribution in [3.63, 3.8) is 0 Å². The monoisotopic (exact) mass is 281 g/mol. The molecule has 3 amide bonds. The number of nitrogens with one attached hydrogen (secondary N) is 3. The summed E-state index contributed by atoms with van der Waals surface area (Å²) in [5.74, 6) is 0.753. The van der Waals surface area contributed by atoms with E-state index < -0.39 is 11.9 Å². The van der Waals surface area contributed by atoms with Gasteiger partial charge < -0.3 is 14.5 Å². The van der Waals surface area contributed by atoms with Gasteiger partial charge in [-0.25, -0.2) is 10.2 Å². The molecule has 3 N–H and O–H groups in total. The average Bonchev–Trinajstić information content (AvgIpc) is 3.03. The summed E-state index contributed by atoms with van der Waals surface area (Å²) < 4.78 is 10.6. The molecule has 0 saturated carbocycles. The largest absolute Gasteiger partial charge is 0.466 e. The lowest BCUT2D eigenvalue weighted by atomic mass is 10.2. The average molecular weight is 281 g/mol. The topological polar surface area (TPSA) is 92.6 Å². The van der Waals surface area contributed by atoms with Gasteiger partial charge in [0.2, 0.25) is 0 Å². The zero-order chi connectivity index (χ0) is 14.5. The summed E-state index contributed by atoms with van der Waals surface area (Å²) >= 11 is 0. The fourth-order valence-corrected chi connectivity index (χ4v) is 2.09. The number of ether oxygens (including phenoxy) is 1. The highest BCUT2D eigenvalue weighted by Crippen LogP contribution is 2.13. The lowest BCUT2D eigenvalue weighted by Gasteiger charge is -2.12. The minimum atomic E-state index is -0.466. The molecular weight excluding hydrogens is 262 g/mol. The van der Waals surface area contributed by atoms with E-state index in [1.54, 1.807) is 19.9 Å². The molecule has 110 valence electrons. The van der Waals surface area contributed by atoms with E-state index in [0.29, 0.717) is 23.6 Å². The number of furan rings is 1. The highest BCUT2D eigenvalue weighted by molar-refractivity contribution is 5.96. The first-order valence-corrected chi connectivity index (χ1v) is 6.59. The molecule has 7 nitrogen and oxygen atoms in total. The summed E-state index contributed by atoms with van der Waals surface area (Å²) in [7, 11) is 0. The van der Waals surface area contributed by atoms with E-state index in [4.69, 9.17) is 9.15 Å². The maximum Gasteiger partial charge on any atom is 0.333 e. The Morgan fingerprint density at radius 2 is 2.15 bits per heavy atom. The smallest absolute Gasteiger partial charge is 0.333 e. The molecule has 7 heteroatoms. The Hall–Kier alpha value is -2.02. The molecule has 1 aromatic heterocycles. The van der Waals surface area contributed by atoms with Crippen molar-refractivity contribution in [1.82, 2.24) is 16.2 Å². The highest BCUT2D eigenvalue weighted by atomic mass is 16.5. The number of amides is 3. The van der Waals surface area contributed by atoms with Crippen LogP contribution in [0.15, 0.2) is 10.5 Å². The predicted octanol–water partition coefficient (Wildman–Crippen LogP) is 1.02. The molecule has 2 heterocycles. The summed E-state index contributed by atoms with van der Waals surface area (Å²) in [4.78, 5) is 23.3. The second-order valence-electron chi connectivity index (χ2n) is 4.75.